The molecule has 1 N–H and O–H groups in total. The van der Waals surface area contributed by atoms with Gasteiger partial charge >= 0.3 is 6.09 Å². The Balaban J connectivity index is 1.63. The van der Waals surface area contributed by atoms with Crippen molar-refractivity contribution in [2.24, 2.45) is 0 Å². The summed E-state index contributed by atoms with van der Waals surface area (Å²) in [5.74, 6) is -0.200. The molecular formula is C26H28BrClFN5O3. The first kappa shape index (κ1) is 26.0. The number of carboxylic acid groups (broad SMARTS) is 1. The van der Waals surface area contributed by atoms with Crippen LogP contribution in [0, 0.1) is 17.1 Å². The number of nitrogens with zero attached hydrogens (tertiary/aromatic N) is 5. The summed E-state index contributed by atoms with van der Waals surface area (Å²) in [7, 11) is 2.08. The second-order valence-corrected chi connectivity index (χ2v) is 11.2. The molecule has 2 aliphatic heterocycles. The number of amides is 1. The van der Waals surface area contributed by atoms with Crippen molar-refractivity contribution in [2.75, 3.05) is 20.1 Å². The number of likely N-dealkylation sites (N-methyl/N-ethyl adjacent to an activating group) is 1. The molecule has 37 heavy (non-hydrogen) atoms. The third kappa shape index (κ3) is 4.62. The maximum absolute atomic E-state index is 15.5. The number of nitriles is 1. The van der Waals surface area contributed by atoms with Crippen LogP contribution in [0.2, 0.25) is 5.02 Å². The van der Waals surface area contributed by atoms with Gasteiger partial charge in [0, 0.05) is 36.3 Å². The maximum atomic E-state index is 15.5. The molecule has 11 heteroatoms. The fourth-order valence-electron chi connectivity index (χ4n) is 5.95. The number of piperidine rings is 1. The number of likely N-dealkylation sites (tertiary alicyclic amines) is 2. The van der Waals surface area contributed by atoms with E-state index in [1.54, 1.807) is 6.07 Å². The van der Waals surface area contributed by atoms with Crippen molar-refractivity contribution in [3.63, 3.8) is 0 Å². The first-order chi connectivity index (χ1) is 17.7. The van der Waals surface area contributed by atoms with Gasteiger partial charge in [-0.1, -0.05) is 11.6 Å². The Morgan fingerprint density at radius 3 is 2.86 bits per heavy atom. The highest BCUT2D eigenvalue weighted by atomic mass is 79.9. The minimum absolute atomic E-state index is 0.0891. The van der Waals surface area contributed by atoms with Gasteiger partial charge in [0.25, 0.3) is 0 Å². The average Bonchev–Trinajstić information content (AvgIpc) is 3.50. The lowest BCUT2D eigenvalue weighted by atomic mass is 9.95. The molecule has 196 valence electrons. The van der Waals surface area contributed by atoms with E-state index in [0.29, 0.717) is 30.7 Å². The molecule has 8 nitrogen and oxygen atoms in total. The summed E-state index contributed by atoms with van der Waals surface area (Å²) in [5.41, 5.74) is 0.895. The van der Waals surface area contributed by atoms with Gasteiger partial charge in [-0.05, 0) is 74.3 Å². The van der Waals surface area contributed by atoms with E-state index in [0.717, 1.165) is 30.3 Å². The lowest BCUT2D eigenvalue weighted by Gasteiger charge is -2.37. The molecule has 5 rings (SSSR count). The number of hydrogen-bond donors (Lipinski definition) is 1. The van der Waals surface area contributed by atoms with Gasteiger partial charge in [0.05, 0.1) is 32.9 Å². The first-order valence-corrected chi connectivity index (χ1v) is 13.6. The summed E-state index contributed by atoms with van der Waals surface area (Å²) < 4.78 is 24.1. The van der Waals surface area contributed by atoms with Crippen molar-refractivity contribution in [3.8, 4) is 11.9 Å². The van der Waals surface area contributed by atoms with Gasteiger partial charge in [0.2, 0.25) is 5.88 Å². The van der Waals surface area contributed by atoms with Gasteiger partial charge in [-0.2, -0.15) is 5.26 Å². The summed E-state index contributed by atoms with van der Waals surface area (Å²) in [6, 6.07) is 5.46. The number of aromatic nitrogens is 2. The van der Waals surface area contributed by atoms with Gasteiger partial charge in [0.1, 0.15) is 11.6 Å². The molecule has 1 amide bonds. The fourth-order valence-corrected chi connectivity index (χ4v) is 6.45. The predicted octanol–water partition coefficient (Wildman–Crippen LogP) is 6.20. The fraction of sp³-hybridized carbons (Fsp3) is 0.500. The van der Waals surface area contributed by atoms with Gasteiger partial charge in [-0.25, -0.2) is 14.2 Å². The van der Waals surface area contributed by atoms with Crippen LogP contribution in [0.25, 0.3) is 21.8 Å². The monoisotopic (exact) mass is 591 g/mol. The van der Waals surface area contributed by atoms with Crippen LogP contribution in [0.3, 0.4) is 0 Å². The molecule has 1 unspecified atom stereocenters. The van der Waals surface area contributed by atoms with Crippen LogP contribution >= 0.6 is 27.5 Å². The zero-order chi connectivity index (χ0) is 26.4. The van der Waals surface area contributed by atoms with Crippen LogP contribution in [-0.2, 0) is 0 Å². The Morgan fingerprint density at radius 2 is 2.19 bits per heavy atom. The first-order valence-electron chi connectivity index (χ1n) is 12.4. The van der Waals surface area contributed by atoms with Crippen LogP contribution in [0.4, 0.5) is 9.18 Å². The predicted molar refractivity (Wildman–Crippen MR) is 143 cm³/mol. The second kappa shape index (κ2) is 10.3. The maximum Gasteiger partial charge on any atom is 0.407 e. The molecule has 0 saturated carbocycles. The molecule has 4 atom stereocenters. The van der Waals surface area contributed by atoms with Crippen LogP contribution in [0.1, 0.15) is 45.1 Å². The van der Waals surface area contributed by atoms with Crippen molar-refractivity contribution < 1.29 is 19.0 Å². The standard InChI is InChI=1S/C26H28BrClFN5O3/c1-14(20-4-3-9-32(20)2)37-25-17-7-11-33(16-6-10-34(26(35)36)15(12-16)5-8-30)24(17)18-13-19(28)21(27)22(29)23(18)31-25/h7,11,13-16,20H,3-6,9-10,12H2,1-2H3,(H,35,36)/t14?,15-,16+,20+/m1/s1. The minimum atomic E-state index is -1.02. The summed E-state index contributed by atoms with van der Waals surface area (Å²) in [6.07, 6.45) is 4.01. The largest absolute Gasteiger partial charge is 0.472 e. The van der Waals surface area contributed by atoms with Gasteiger partial charge in [-0.3, -0.25) is 4.90 Å². The molecule has 2 saturated heterocycles. The van der Waals surface area contributed by atoms with E-state index in [-0.39, 0.29) is 39.6 Å². The molecule has 1 aromatic carbocycles. The number of benzene rings is 1. The van der Waals surface area contributed by atoms with E-state index in [1.807, 2.05) is 23.8 Å². The highest BCUT2D eigenvalue weighted by molar-refractivity contribution is 9.10. The average molecular weight is 593 g/mol. The highest BCUT2D eigenvalue weighted by Crippen LogP contribution is 2.41. The molecule has 0 radical (unpaired) electrons. The topological polar surface area (TPSA) is 94.6 Å². The van der Waals surface area contributed by atoms with Crippen molar-refractivity contribution in [1.82, 2.24) is 19.4 Å². The van der Waals surface area contributed by atoms with Crippen LogP contribution in [0.15, 0.2) is 22.8 Å². The Hall–Kier alpha value is -2.61. The lowest BCUT2D eigenvalue weighted by Crippen LogP contribution is -2.45. The van der Waals surface area contributed by atoms with E-state index in [4.69, 9.17) is 16.3 Å². The number of hydrogen-bond acceptors (Lipinski definition) is 5. The number of ether oxygens (including phenoxy) is 1. The Bertz CT molecular complexity index is 1410. The normalized spacial score (nSPS) is 23.5. The van der Waals surface area contributed by atoms with Gasteiger partial charge in [-0.15, -0.1) is 0 Å². The van der Waals surface area contributed by atoms with Crippen molar-refractivity contribution in [3.05, 3.63) is 33.6 Å². The Morgan fingerprint density at radius 1 is 1.41 bits per heavy atom. The van der Waals surface area contributed by atoms with E-state index in [9.17, 15) is 15.2 Å². The number of pyridine rings is 1. The van der Waals surface area contributed by atoms with Crippen LogP contribution in [0.5, 0.6) is 5.88 Å². The van der Waals surface area contributed by atoms with E-state index in [1.165, 1.54) is 4.90 Å². The van der Waals surface area contributed by atoms with Gasteiger partial charge < -0.3 is 19.3 Å². The second-order valence-electron chi connectivity index (χ2n) is 9.97. The van der Waals surface area contributed by atoms with Crippen molar-refractivity contribution >= 4 is 55.4 Å². The number of rotatable bonds is 5. The molecule has 4 heterocycles. The van der Waals surface area contributed by atoms with Crippen molar-refractivity contribution in [1.29, 1.82) is 5.26 Å². The molecule has 2 aromatic heterocycles. The third-order valence-corrected chi connectivity index (χ3v) is 9.12. The van der Waals surface area contributed by atoms with E-state index < -0.39 is 18.0 Å². The molecule has 2 aliphatic rings. The number of fused-ring (bicyclic) bond motifs is 3. The number of halogens is 3. The van der Waals surface area contributed by atoms with Crippen LogP contribution in [-0.4, -0.2) is 68.9 Å². The molecule has 0 aliphatic carbocycles. The molecule has 3 aromatic rings. The summed E-state index contributed by atoms with van der Waals surface area (Å²) >= 11 is 9.61. The smallest absolute Gasteiger partial charge is 0.407 e. The zero-order valence-electron chi connectivity index (χ0n) is 20.6. The Labute approximate surface area is 227 Å². The molecular weight excluding hydrogens is 565 g/mol. The van der Waals surface area contributed by atoms with E-state index in [2.05, 4.69) is 38.9 Å². The van der Waals surface area contributed by atoms with E-state index >= 15 is 4.39 Å². The number of carbonyl (C=O) groups is 1. The van der Waals surface area contributed by atoms with Crippen molar-refractivity contribution in [2.45, 2.75) is 63.3 Å². The quantitative estimate of drug-likeness (QED) is 0.355. The minimum Gasteiger partial charge on any atom is -0.472 e. The van der Waals surface area contributed by atoms with Gasteiger partial charge in [0.15, 0.2) is 5.82 Å². The lowest BCUT2D eigenvalue weighted by molar-refractivity contribution is 0.0936. The molecule has 0 spiro atoms. The zero-order valence-corrected chi connectivity index (χ0v) is 23.0. The molecule has 0 bridgehead atoms. The van der Waals surface area contributed by atoms with Crippen LogP contribution < -0.4 is 4.74 Å². The molecule has 2 fully saturated rings. The Kier molecular flexibility index (Phi) is 7.22. The summed E-state index contributed by atoms with van der Waals surface area (Å²) in [5, 5.41) is 20.4. The SMILES string of the molecule is CC(Oc1nc2c(F)c(Br)c(Cl)cc2c2c1ccn2[C@H]1CCN(C(=O)O)[C@H](CC#N)C1)[C@@H]1CCCN1C. The highest BCUT2D eigenvalue weighted by Gasteiger charge is 2.34. The summed E-state index contributed by atoms with van der Waals surface area (Å²) in [4.78, 5) is 20.0. The third-order valence-electron chi connectivity index (χ3n) is 7.82. The summed E-state index contributed by atoms with van der Waals surface area (Å²) in [6.45, 7) is 3.34.